The molecular formula is C96H120Na2O26S2. The van der Waals surface area contributed by atoms with Crippen LogP contribution in [-0.2, 0) is 90.1 Å². The normalized spacial score (nSPS) is 22.2. The molecule has 0 unspecified atom stereocenters. The SMILES string of the molecule is C=CC(=O)OCCCCOC(=O)C1CCC(C2CCC(C(=O)O)CC2)CC1.C=CC(=O)OCCCCOC(=O)C1CCC(C2CCC(C(=O)Oc3ccc(OC(=O)C4CCC(C5CCC(C(=O)OCCCCOC(=O)C=C)CC5)CC4)c4cc(C)ccc34)CC2)CC1.Cc1ccc2c(O)ccc(O)c2c1.Cc1ccc2c(c1)C(=O)C=CC2=O.O=S(=O)=S(=O)=O.[Na][Na]. The fourth-order valence-electron chi connectivity index (χ4n) is 18.0. The minimum atomic E-state index is -2.95. The summed E-state index contributed by atoms with van der Waals surface area (Å²) in [5.41, 5.74) is 4.10. The number of phenols is 2. The van der Waals surface area contributed by atoms with Gasteiger partial charge in [-0.1, -0.05) is 72.8 Å². The average molecular weight is 1800 g/mol. The summed E-state index contributed by atoms with van der Waals surface area (Å²) >= 11 is 2.89. The molecule has 0 radical (unpaired) electrons. The molecule has 7 aliphatic rings. The van der Waals surface area contributed by atoms with Gasteiger partial charge in [-0.15, -0.1) is 0 Å². The van der Waals surface area contributed by atoms with Crippen LogP contribution in [0.1, 0.15) is 230 Å². The number of unbranched alkanes of at least 4 members (excludes halogenated alkanes) is 3. The first-order valence-electron chi connectivity index (χ1n) is 44.6. The van der Waals surface area contributed by atoms with Gasteiger partial charge in [0.15, 0.2) is 11.6 Å². The molecule has 12 rings (SSSR count). The molecular weight excluding hydrogens is 1680 g/mol. The Labute approximate surface area is 769 Å². The minimum absolute atomic E-state index is 0.00444. The summed E-state index contributed by atoms with van der Waals surface area (Å²) < 4.78 is 79.8. The van der Waals surface area contributed by atoms with Gasteiger partial charge >= 0.3 is 116 Å². The van der Waals surface area contributed by atoms with E-state index in [0.29, 0.717) is 134 Å². The quantitative estimate of drug-likeness (QED) is 0.00761. The van der Waals surface area contributed by atoms with Crippen molar-refractivity contribution in [2.45, 2.75) is 213 Å². The number of aromatic hydroxyl groups is 2. The number of phenolic OH excluding ortho intramolecular Hbond substituents is 2. The van der Waals surface area contributed by atoms with Crippen molar-refractivity contribution in [1.29, 1.82) is 0 Å². The monoisotopic (exact) mass is 1800 g/mol. The van der Waals surface area contributed by atoms with Gasteiger partial charge < -0.3 is 53.2 Å². The van der Waals surface area contributed by atoms with Crippen molar-refractivity contribution in [2.75, 3.05) is 39.6 Å². The molecule has 0 aromatic heterocycles. The molecule has 0 spiro atoms. The number of ether oxygens (including phenoxy) is 8. The predicted molar refractivity (Wildman–Crippen MR) is 475 cm³/mol. The number of fused-ring (bicyclic) bond motifs is 3. The van der Waals surface area contributed by atoms with E-state index in [9.17, 15) is 63.0 Å². The van der Waals surface area contributed by atoms with E-state index in [1.54, 1.807) is 30.3 Å². The second-order valence-electron chi connectivity index (χ2n) is 33.4. The third-order valence-electron chi connectivity index (χ3n) is 25.1. The number of carboxylic acids is 1. The summed E-state index contributed by atoms with van der Waals surface area (Å²) in [4.78, 5) is 132. The molecule has 0 saturated heterocycles. The van der Waals surface area contributed by atoms with E-state index >= 15 is 0 Å². The van der Waals surface area contributed by atoms with Crippen LogP contribution in [-0.4, -0.2) is 181 Å². The zero-order valence-electron chi connectivity index (χ0n) is 73.4. The molecule has 26 nitrogen and oxygen atoms in total. The number of carbonyl (C=O) groups excluding carboxylic acids is 10. The van der Waals surface area contributed by atoms with Gasteiger partial charge in [-0.2, -0.15) is 16.8 Å². The third-order valence-corrected chi connectivity index (χ3v) is 26.0. The van der Waals surface area contributed by atoms with Crippen LogP contribution in [0.15, 0.2) is 129 Å². The van der Waals surface area contributed by atoms with Crippen LogP contribution in [0.3, 0.4) is 0 Å². The number of rotatable bonds is 29. The molecule has 30 heteroatoms. The van der Waals surface area contributed by atoms with Crippen molar-refractivity contribution in [3.05, 3.63) is 157 Å². The van der Waals surface area contributed by atoms with Crippen LogP contribution >= 0.6 is 0 Å². The van der Waals surface area contributed by atoms with Crippen molar-refractivity contribution in [3.8, 4) is 23.0 Å². The van der Waals surface area contributed by atoms with E-state index < -0.39 is 42.4 Å². The standard InChI is InChI=1S/C53H70O12.C21H32O6.C11H10O2.C11H8O2.2Na.O4S2/c1-4-48(54)60-30-6-8-32-62-50(56)40-19-11-36(12-20-40)38-15-23-42(24-16-38)52(58)64-46-28-29-47(45-34-35(3)10-27-44(45)46)65-53(59)43-25-17-39(18-26-43)37-13-21-41(22-14-37)51(57)63-33-9-7-31-61-49(55)5-2;1-2-19(22)26-13-3-4-14-27-21(25)18-11-7-16(8-12-18)15-5-9-17(10-6-15)20(23)24;2*1-7-2-3-8-9(6-7)11(13)5-4-10(8)12;;;1-5(2)6(3)4/h4-5,10,27-29,34,36-43H,1-2,6-9,11-26,30-33H2,3H3;2,15-18H,1,3-14H2,(H,23,24);2-6,12-13H,1H3;2-6H,1H3;;;. The number of benzene rings is 5. The Morgan fingerprint density at radius 1 is 0.341 bits per heavy atom. The van der Waals surface area contributed by atoms with E-state index in [1.165, 1.54) is 67.9 Å². The molecule has 0 aliphatic heterocycles. The van der Waals surface area contributed by atoms with E-state index in [0.717, 1.165) is 200 Å². The van der Waals surface area contributed by atoms with Crippen LogP contribution in [0.2, 0.25) is 0 Å². The molecule has 674 valence electrons. The van der Waals surface area contributed by atoms with Crippen LogP contribution in [0.4, 0.5) is 0 Å². The van der Waals surface area contributed by atoms with Crippen molar-refractivity contribution in [1.82, 2.24) is 0 Å². The molecule has 0 amide bonds. The second kappa shape index (κ2) is 55.3. The van der Waals surface area contributed by atoms with Crippen LogP contribution in [0.5, 0.6) is 23.0 Å². The number of hydrogen-bond donors (Lipinski definition) is 3. The summed E-state index contributed by atoms with van der Waals surface area (Å²) in [6.07, 6.45) is 31.6. The number of hydrogen-bond acceptors (Lipinski definition) is 25. The van der Waals surface area contributed by atoms with E-state index in [-0.39, 0.29) is 102 Å². The zero-order valence-corrected chi connectivity index (χ0v) is 79.1. The summed E-state index contributed by atoms with van der Waals surface area (Å²) in [7, 11) is -5.90. The van der Waals surface area contributed by atoms with Gasteiger partial charge in [0, 0.05) is 50.9 Å². The van der Waals surface area contributed by atoms with Gasteiger partial charge in [0.25, 0.3) is 0 Å². The van der Waals surface area contributed by atoms with Gasteiger partial charge in [0.2, 0.25) is 0 Å². The Bertz CT molecular complexity index is 4830. The Morgan fingerprint density at radius 2 is 0.611 bits per heavy atom. The Morgan fingerprint density at radius 3 is 0.937 bits per heavy atom. The fourth-order valence-corrected chi connectivity index (χ4v) is 18.0. The number of carboxylic acid groups (broad SMARTS) is 1. The summed E-state index contributed by atoms with van der Waals surface area (Å²) in [5.74, 6) is 1.15. The summed E-state index contributed by atoms with van der Waals surface area (Å²) in [5, 5.41) is 31.0. The van der Waals surface area contributed by atoms with Gasteiger partial charge in [0.05, 0.1) is 75.1 Å². The number of ketones is 2. The maximum absolute atomic E-state index is 13.6. The molecule has 5 aromatic rings. The maximum atomic E-state index is 13.6. The second-order valence-corrected chi connectivity index (χ2v) is 35.8. The molecule has 7 aliphatic carbocycles. The number of aryl methyl sites for hydroxylation is 3. The Hall–Kier alpha value is -8.61. The topological polar surface area (TPSA) is 391 Å². The molecule has 6 saturated carbocycles. The summed E-state index contributed by atoms with van der Waals surface area (Å²) in [6, 6.07) is 23.2. The first-order chi connectivity index (χ1) is 60.5. The predicted octanol–water partition coefficient (Wildman–Crippen LogP) is 16.4. The van der Waals surface area contributed by atoms with Crippen LogP contribution in [0.25, 0.3) is 21.5 Å². The molecule has 126 heavy (non-hydrogen) atoms. The van der Waals surface area contributed by atoms with Crippen molar-refractivity contribution < 1.29 is 123 Å². The molecule has 0 heterocycles. The third kappa shape index (κ3) is 34.1. The number of allylic oxidation sites excluding steroid dienone is 2. The van der Waals surface area contributed by atoms with E-state index in [4.69, 9.17) is 59.8 Å². The van der Waals surface area contributed by atoms with Crippen LogP contribution < -0.4 is 9.47 Å². The zero-order chi connectivity index (χ0) is 91.8. The van der Waals surface area contributed by atoms with Crippen molar-refractivity contribution >= 4 is 149 Å². The van der Waals surface area contributed by atoms with E-state index in [2.05, 4.69) is 19.7 Å². The molecule has 3 N–H and O–H groups in total. The van der Waals surface area contributed by atoms with Gasteiger partial charge in [-0.25, -0.2) is 14.4 Å². The Balaban J connectivity index is 0.000000285. The number of aliphatic carboxylic acids is 1. The number of carbonyl (C=O) groups is 11. The van der Waals surface area contributed by atoms with Gasteiger partial charge in [0.1, 0.15) is 23.0 Å². The summed E-state index contributed by atoms with van der Waals surface area (Å²) in [6.45, 7) is 17.8. The Kier molecular flexibility index (Phi) is 45.8. The first-order valence-corrected chi connectivity index (χ1v) is 55.3. The molecule has 6 fully saturated rings. The first kappa shape index (κ1) is 104. The van der Waals surface area contributed by atoms with Crippen LogP contribution in [0, 0.1) is 91.8 Å². The van der Waals surface area contributed by atoms with Gasteiger partial charge in [-0.05, 0) is 304 Å². The molecule has 0 atom stereocenters. The molecule has 5 aromatic carbocycles. The number of esters is 8. The van der Waals surface area contributed by atoms with Crippen molar-refractivity contribution in [3.63, 3.8) is 0 Å². The average Bonchev–Trinajstić information content (AvgIpc) is 0.776. The fraction of sp³-hybridized carbons (Fsp3) is 0.531. The van der Waals surface area contributed by atoms with Gasteiger partial charge in [-0.3, -0.25) is 38.4 Å². The molecule has 0 bridgehead atoms. The van der Waals surface area contributed by atoms with E-state index in [1.807, 2.05) is 57.2 Å². The van der Waals surface area contributed by atoms with Crippen molar-refractivity contribution in [2.24, 2.45) is 71.0 Å².